The zero-order valence-corrected chi connectivity index (χ0v) is 12.0. The van der Waals surface area contributed by atoms with Crippen LogP contribution < -0.4 is 5.56 Å². The monoisotopic (exact) mass is 278 g/mol. The molecule has 7 heteroatoms. The first kappa shape index (κ1) is 14.2. The van der Waals surface area contributed by atoms with Gasteiger partial charge in [-0.15, -0.1) is 0 Å². The molecule has 7 nitrogen and oxygen atoms in total. The summed E-state index contributed by atoms with van der Waals surface area (Å²) in [5, 5.41) is 17.8. The Labute approximate surface area is 115 Å². The van der Waals surface area contributed by atoms with Crippen molar-refractivity contribution < 1.29 is 9.90 Å². The molecule has 0 spiro atoms. The van der Waals surface area contributed by atoms with Crippen molar-refractivity contribution in [3.8, 4) is 0 Å². The van der Waals surface area contributed by atoms with Crippen LogP contribution in [0.15, 0.2) is 11.0 Å². The van der Waals surface area contributed by atoms with Gasteiger partial charge in [-0.25, -0.2) is 4.68 Å². The van der Waals surface area contributed by atoms with Gasteiger partial charge in [0.25, 0.3) is 5.56 Å². The van der Waals surface area contributed by atoms with Crippen LogP contribution in [0.25, 0.3) is 10.9 Å². The summed E-state index contributed by atoms with van der Waals surface area (Å²) in [4.78, 5) is 23.1. The van der Waals surface area contributed by atoms with Crippen molar-refractivity contribution in [1.29, 1.82) is 0 Å². The van der Waals surface area contributed by atoms with Crippen molar-refractivity contribution in [3.05, 3.63) is 22.2 Å². The molecule has 2 aromatic rings. The van der Waals surface area contributed by atoms with Crippen molar-refractivity contribution in [2.45, 2.75) is 46.2 Å². The maximum Gasteiger partial charge on any atom is 0.325 e. The van der Waals surface area contributed by atoms with Crippen LogP contribution in [0.3, 0.4) is 0 Å². The summed E-state index contributed by atoms with van der Waals surface area (Å²) in [7, 11) is 0. The highest BCUT2D eigenvalue weighted by Gasteiger charge is 2.18. The predicted molar refractivity (Wildman–Crippen MR) is 73.9 cm³/mol. The third kappa shape index (κ3) is 2.43. The van der Waals surface area contributed by atoms with E-state index in [9.17, 15) is 9.59 Å². The molecule has 0 atom stereocenters. The number of carbonyl (C=O) groups is 1. The minimum Gasteiger partial charge on any atom is -0.480 e. The van der Waals surface area contributed by atoms with Crippen molar-refractivity contribution in [1.82, 2.24) is 19.6 Å². The van der Waals surface area contributed by atoms with Crippen LogP contribution in [-0.2, 0) is 11.3 Å². The molecule has 0 amide bonds. The second-order valence-electron chi connectivity index (χ2n) is 5.36. The van der Waals surface area contributed by atoms with Gasteiger partial charge in [-0.05, 0) is 19.8 Å². The summed E-state index contributed by atoms with van der Waals surface area (Å²) < 4.78 is 2.69. The highest BCUT2D eigenvalue weighted by atomic mass is 16.4. The van der Waals surface area contributed by atoms with Crippen LogP contribution in [0.1, 0.15) is 45.3 Å². The fourth-order valence-corrected chi connectivity index (χ4v) is 1.99. The Morgan fingerprint density at radius 2 is 1.95 bits per heavy atom. The third-order valence-electron chi connectivity index (χ3n) is 3.03. The van der Waals surface area contributed by atoms with E-state index in [1.807, 2.05) is 27.7 Å². The van der Waals surface area contributed by atoms with Gasteiger partial charge in [0.2, 0.25) is 0 Å². The summed E-state index contributed by atoms with van der Waals surface area (Å²) in [5.74, 6) is -1.04. The second kappa shape index (κ2) is 5.07. The Kier molecular flexibility index (Phi) is 3.61. The van der Waals surface area contributed by atoms with Crippen molar-refractivity contribution in [2.24, 2.45) is 0 Å². The predicted octanol–water partition coefficient (Wildman–Crippen LogP) is 1.38. The first-order valence-corrected chi connectivity index (χ1v) is 6.53. The Balaban J connectivity index is 2.77. The molecular weight excluding hydrogens is 260 g/mol. The molecule has 1 N–H and O–H groups in total. The first-order chi connectivity index (χ1) is 9.31. The van der Waals surface area contributed by atoms with E-state index in [1.54, 1.807) is 10.9 Å². The topological polar surface area (TPSA) is 90.0 Å². The van der Waals surface area contributed by atoms with E-state index in [4.69, 9.17) is 5.11 Å². The number of rotatable bonds is 4. The van der Waals surface area contributed by atoms with Gasteiger partial charge in [-0.3, -0.25) is 14.3 Å². The third-order valence-corrected chi connectivity index (χ3v) is 3.03. The standard InChI is InChI=1S/C13H18N4O3/c1-7(2)11-12-9(5-16(15-12)8(3)4)13(20)17(14-11)6-10(18)19/h5,7-8H,6H2,1-4H3,(H,18,19). The molecule has 0 aliphatic carbocycles. The van der Waals surface area contributed by atoms with Crippen LogP contribution in [0.5, 0.6) is 0 Å². The largest absolute Gasteiger partial charge is 0.480 e. The molecule has 2 heterocycles. The van der Waals surface area contributed by atoms with E-state index in [0.29, 0.717) is 16.6 Å². The fourth-order valence-electron chi connectivity index (χ4n) is 1.99. The molecule has 2 aromatic heterocycles. The van der Waals surface area contributed by atoms with Gasteiger partial charge in [0, 0.05) is 12.2 Å². The minimum absolute atomic E-state index is 0.0497. The van der Waals surface area contributed by atoms with Crippen molar-refractivity contribution >= 4 is 16.9 Å². The number of nitrogens with zero attached hydrogens (tertiary/aromatic N) is 4. The lowest BCUT2D eigenvalue weighted by atomic mass is 10.1. The molecule has 0 aliphatic heterocycles. The molecule has 0 aromatic carbocycles. The highest BCUT2D eigenvalue weighted by molar-refractivity contribution is 5.79. The molecule has 20 heavy (non-hydrogen) atoms. The summed E-state index contributed by atoms with van der Waals surface area (Å²) in [6.45, 7) is 7.35. The van der Waals surface area contributed by atoms with E-state index in [-0.39, 0.29) is 12.0 Å². The fraction of sp³-hybridized carbons (Fsp3) is 0.538. The van der Waals surface area contributed by atoms with E-state index >= 15 is 0 Å². The second-order valence-corrected chi connectivity index (χ2v) is 5.36. The average molecular weight is 278 g/mol. The molecule has 0 aliphatic rings. The minimum atomic E-state index is -1.09. The molecule has 2 rings (SSSR count). The van der Waals surface area contributed by atoms with Crippen LogP contribution in [0, 0.1) is 0 Å². The lowest BCUT2D eigenvalue weighted by Gasteiger charge is -2.08. The van der Waals surface area contributed by atoms with Gasteiger partial charge in [0.05, 0.1) is 11.1 Å². The van der Waals surface area contributed by atoms with E-state index < -0.39 is 18.1 Å². The zero-order chi connectivity index (χ0) is 15.0. The number of fused-ring (bicyclic) bond motifs is 1. The number of carboxylic acids is 1. The number of hydrogen-bond acceptors (Lipinski definition) is 4. The van der Waals surface area contributed by atoms with E-state index in [1.165, 1.54) is 0 Å². The molecule has 0 saturated carbocycles. The Bertz CT molecular complexity index is 712. The SMILES string of the molecule is CC(C)c1nn(CC(=O)O)c(=O)c2cn(C(C)C)nc12. The van der Waals surface area contributed by atoms with E-state index in [0.717, 1.165) is 4.68 Å². The number of hydrogen-bond donors (Lipinski definition) is 1. The lowest BCUT2D eigenvalue weighted by Crippen LogP contribution is -2.28. The first-order valence-electron chi connectivity index (χ1n) is 6.53. The van der Waals surface area contributed by atoms with Gasteiger partial charge < -0.3 is 5.11 Å². The van der Waals surface area contributed by atoms with Crippen LogP contribution in [-0.4, -0.2) is 30.6 Å². The average Bonchev–Trinajstić information content (AvgIpc) is 2.77. The van der Waals surface area contributed by atoms with Crippen LogP contribution in [0.4, 0.5) is 0 Å². The maximum atomic E-state index is 12.3. The maximum absolute atomic E-state index is 12.3. The Morgan fingerprint density at radius 3 is 2.45 bits per heavy atom. The zero-order valence-electron chi connectivity index (χ0n) is 12.0. The molecule has 0 saturated heterocycles. The molecule has 108 valence electrons. The summed E-state index contributed by atoms with van der Waals surface area (Å²) in [5.41, 5.74) is 0.777. The highest BCUT2D eigenvalue weighted by Crippen LogP contribution is 2.20. The van der Waals surface area contributed by atoms with Gasteiger partial charge in [-0.1, -0.05) is 13.8 Å². The number of carboxylic acid groups (broad SMARTS) is 1. The molecular formula is C13H18N4O3. The molecule has 0 unspecified atom stereocenters. The quantitative estimate of drug-likeness (QED) is 0.912. The molecule has 0 bridgehead atoms. The van der Waals surface area contributed by atoms with Gasteiger partial charge in [0.15, 0.2) is 0 Å². The van der Waals surface area contributed by atoms with Gasteiger partial charge >= 0.3 is 5.97 Å². The molecule has 0 radical (unpaired) electrons. The van der Waals surface area contributed by atoms with E-state index in [2.05, 4.69) is 10.2 Å². The summed E-state index contributed by atoms with van der Waals surface area (Å²) >= 11 is 0. The van der Waals surface area contributed by atoms with Gasteiger partial charge in [-0.2, -0.15) is 10.2 Å². The number of aliphatic carboxylic acids is 1. The number of aromatic nitrogens is 4. The van der Waals surface area contributed by atoms with Crippen LogP contribution >= 0.6 is 0 Å². The smallest absolute Gasteiger partial charge is 0.325 e. The summed E-state index contributed by atoms with van der Waals surface area (Å²) in [6, 6.07) is 0.120. The Hall–Kier alpha value is -2.18. The van der Waals surface area contributed by atoms with Crippen LogP contribution in [0.2, 0.25) is 0 Å². The summed E-state index contributed by atoms with van der Waals surface area (Å²) in [6.07, 6.45) is 1.66. The normalized spacial score (nSPS) is 11.7. The molecule has 0 fully saturated rings. The lowest BCUT2D eigenvalue weighted by molar-refractivity contribution is -0.138. The van der Waals surface area contributed by atoms with Crippen molar-refractivity contribution in [3.63, 3.8) is 0 Å². The Morgan fingerprint density at radius 1 is 1.30 bits per heavy atom. The van der Waals surface area contributed by atoms with Crippen molar-refractivity contribution in [2.75, 3.05) is 0 Å². The van der Waals surface area contributed by atoms with Gasteiger partial charge in [0.1, 0.15) is 12.1 Å².